The van der Waals surface area contributed by atoms with E-state index in [1.165, 1.54) is 0 Å². The summed E-state index contributed by atoms with van der Waals surface area (Å²) in [6.07, 6.45) is 0. The van der Waals surface area contributed by atoms with Gasteiger partial charge in [-0.2, -0.15) is 0 Å². The van der Waals surface area contributed by atoms with Crippen molar-refractivity contribution in [2.75, 3.05) is 72.5 Å². The van der Waals surface area contributed by atoms with E-state index in [9.17, 15) is 0 Å². The number of hydrogen-bond acceptors (Lipinski definition) is 5. The van der Waals surface area contributed by atoms with E-state index in [0.29, 0.717) is 6.04 Å². The molecule has 0 radical (unpaired) electrons. The molecule has 0 spiro atoms. The molecule has 3 saturated heterocycles. The average Bonchev–Trinajstić information content (AvgIpc) is 2.77. The summed E-state index contributed by atoms with van der Waals surface area (Å²) in [5.74, 6) is 0. The fourth-order valence-corrected chi connectivity index (χ4v) is 3.50. The number of thiocarbonyl (C=S) groups is 1. The summed E-state index contributed by atoms with van der Waals surface area (Å²) in [5, 5.41) is 1.00. The number of nitrogens with zero attached hydrogens (tertiary/aromatic N) is 4. The van der Waals surface area contributed by atoms with Crippen LogP contribution in [-0.4, -0.2) is 103 Å². The fraction of sp³-hybridized carbons (Fsp3) is 0.929. The van der Waals surface area contributed by atoms with Gasteiger partial charge in [-0.05, 0) is 19.1 Å². The van der Waals surface area contributed by atoms with Crippen LogP contribution >= 0.6 is 12.2 Å². The SMILES string of the molecule is CC1CN(CN2CCOCC2)C(=S)N1CN1CCOCC1. The molecule has 0 amide bonds. The Hall–Kier alpha value is -0.470. The van der Waals surface area contributed by atoms with Gasteiger partial charge in [-0.25, -0.2) is 0 Å². The molecule has 7 heteroatoms. The smallest absolute Gasteiger partial charge is 0.174 e. The normalized spacial score (nSPS) is 29.4. The van der Waals surface area contributed by atoms with Crippen LogP contribution in [0.2, 0.25) is 0 Å². The van der Waals surface area contributed by atoms with Gasteiger partial charge in [-0.3, -0.25) is 9.80 Å². The minimum atomic E-state index is 0.487. The van der Waals surface area contributed by atoms with Crippen LogP contribution in [0.1, 0.15) is 6.92 Å². The first-order valence-electron chi connectivity index (χ1n) is 7.90. The van der Waals surface area contributed by atoms with E-state index < -0.39 is 0 Å². The Morgan fingerprint density at radius 3 is 2.05 bits per heavy atom. The highest BCUT2D eigenvalue weighted by molar-refractivity contribution is 7.80. The van der Waals surface area contributed by atoms with Crippen molar-refractivity contribution in [3.8, 4) is 0 Å². The number of rotatable bonds is 4. The molecule has 0 bridgehead atoms. The molecular weight excluding hydrogens is 288 g/mol. The highest BCUT2D eigenvalue weighted by Crippen LogP contribution is 2.18. The first-order valence-corrected chi connectivity index (χ1v) is 8.30. The molecule has 6 nitrogen and oxygen atoms in total. The third kappa shape index (κ3) is 3.84. The Labute approximate surface area is 132 Å². The van der Waals surface area contributed by atoms with Crippen LogP contribution in [0.15, 0.2) is 0 Å². The Balaban J connectivity index is 1.52. The molecule has 0 N–H and O–H groups in total. The number of morpholine rings is 2. The van der Waals surface area contributed by atoms with E-state index in [1.807, 2.05) is 0 Å². The van der Waals surface area contributed by atoms with Gasteiger partial charge in [0, 0.05) is 38.8 Å². The maximum Gasteiger partial charge on any atom is 0.174 e. The summed E-state index contributed by atoms with van der Waals surface area (Å²) in [4.78, 5) is 9.57. The van der Waals surface area contributed by atoms with Gasteiger partial charge in [0.2, 0.25) is 0 Å². The molecule has 1 unspecified atom stereocenters. The van der Waals surface area contributed by atoms with Crippen LogP contribution in [0.5, 0.6) is 0 Å². The topological polar surface area (TPSA) is 31.4 Å². The molecule has 0 aromatic rings. The third-order valence-electron chi connectivity index (χ3n) is 4.46. The van der Waals surface area contributed by atoms with Crippen molar-refractivity contribution >= 4 is 17.3 Å². The summed E-state index contributed by atoms with van der Waals surface area (Å²) in [6, 6.07) is 0.487. The van der Waals surface area contributed by atoms with E-state index in [2.05, 4.69) is 26.5 Å². The Kier molecular flexibility index (Phi) is 5.29. The molecule has 0 aromatic heterocycles. The molecule has 3 aliphatic rings. The van der Waals surface area contributed by atoms with Crippen molar-refractivity contribution in [2.24, 2.45) is 0 Å². The molecular formula is C14H26N4O2S. The monoisotopic (exact) mass is 314 g/mol. The van der Waals surface area contributed by atoms with Crippen molar-refractivity contribution in [1.82, 2.24) is 19.6 Å². The minimum Gasteiger partial charge on any atom is -0.379 e. The Morgan fingerprint density at radius 2 is 1.48 bits per heavy atom. The van der Waals surface area contributed by atoms with Crippen molar-refractivity contribution in [2.45, 2.75) is 13.0 Å². The van der Waals surface area contributed by atoms with Gasteiger partial charge < -0.3 is 19.3 Å². The van der Waals surface area contributed by atoms with Crippen molar-refractivity contribution in [3.05, 3.63) is 0 Å². The van der Waals surface area contributed by atoms with E-state index >= 15 is 0 Å². The largest absolute Gasteiger partial charge is 0.379 e. The van der Waals surface area contributed by atoms with E-state index in [1.54, 1.807) is 0 Å². The first kappa shape index (κ1) is 15.4. The Bertz CT molecular complexity index is 359. The van der Waals surface area contributed by atoms with Gasteiger partial charge in [0.1, 0.15) is 0 Å². The van der Waals surface area contributed by atoms with Gasteiger partial charge >= 0.3 is 0 Å². The van der Waals surface area contributed by atoms with E-state index in [0.717, 1.165) is 77.6 Å². The molecule has 3 rings (SSSR count). The summed E-state index contributed by atoms with van der Waals surface area (Å²) in [7, 11) is 0. The van der Waals surface area contributed by atoms with Crippen LogP contribution in [-0.2, 0) is 9.47 Å². The van der Waals surface area contributed by atoms with Crippen molar-refractivity contribution in [3.63, 3.8) is 0 Å². The minimum absolute atomic E-state index is 0.487. The quantitative estimate of drug-likeness (QED) is 0.668. The summed E-state index contributed by atoms with van der Waals surface area (Å²) < 4.78 is 10.8. The average molecular weight is 314 g/mol. The Morgan fingerprint density at radius 1 is 0.952 bits per heavy atom. The second-order valence-electron chi connectivity index (χ2n) is 6.07. The maximum atomic E-state index is 5.71. The summed E-state index contributed by atoms with van der Waals surface area (Å²) >= 11 is 5.71. The number of ether oxygens (including phenoxy) is 2. The van der Waals surface area contributed by atoms with Crippen molar-refractivity contribution in [1.29, 1.82) is 0 Å². The zero-order chi connectivity index (χ0) is 14.7. The lowest BCUT2D eigenvalue weighted by atomic mass is 10.3. The zero-order valence-electron chi connectivity index (χ0n) is 12.9. The van der Waals surface area contributed by atoms with Crippen LogP contribution < -0.4 is 0 Å². The lowest BCUT2D eigenvalue weighted by Gasteiger charge is -2.34. The van der Waals surface area contributed by atoms with Crippen LogP contribution in [0, 0.1) is 0 Å². The molecule has 3 fully saturated rings. The van der Waals surface area contributed by atoms with Crippen LogP contribution in [0.4, 0.5) is 0 Å². The highest BCUT2D eigenvalue weighted by Gasteiger charge is 2.33. The lowest BCUT2D eigenvalue weighted by Crippen LogP contribution is -2.48. The van der Waals surface area contributed by atoms with Gasteiger partial charge in [0.15, 0.2) is 5.11 Å². The highest BCUT2D eigenvalue weighted by atomic mass is 32.1. The first-order chi connectivity index (χ1) is 10.2. The lowest BCUT2D eigenvalue weighted by molar-refractivity contribution is 0.0194. The summed E-state index contributed by atoms with van der Waals surface area (Å²) in [5.41, 5.74) is 0. The predicted octanol–water partition coefficient (Wildman–Crippen LogP) is -0.143. The molecule has 120 valence electrons. The summed E-state index contributed by atoms with van der Waals surface area (Å²) in [6.45, 7) is 12.6. The molecule has 21 heavy (non-hydrogen) atoms. The standard InChI is InChI=1S/C14H26N4O2S/c1-13-10-17(11-15-2-6-19-7-3-15)14(21)18(13)12-16-4-8-20-9-5-16/h13H,2-12H2,1H3. The van der Waals surface area contributed by atoms with Crippen molar-refractivity contribution < 1.29 is 9.47 Å². The molecule has 0 aromatic carbocycles. The van der Waals surface area contributed by atoms with Gasteiger partial charge in [0.05, 0.1) is 39.8 Å². The molecule has 0 saturated carbocycles. The predicted molar refractivity (Wildman–Crippen MR) is 85.1 cm³/mol. The second-order valence-corrected chi connectivity index (χ2v) is 6.43. The molecule has 0 aliphatic carbocycles. The van der Waals surface area contributed by atoms with E-state index in [-0.39, 0.29) is 0 Å². The van der Waals surface area contributed by atoms with Crippen LogP contribution in [0.25, 0.3) is 0 Å². The van der Waals surface area contributed by atoms with E-state index in [4.69, 9.17) is 21.7 Å². The van der Waals surface area contributed by atoms with Crippen LogP contribution in [0.3, 0.4) is 0 Å². The number of hydrogen-bond donors (Lipinski definition) is 0. The van der Waals surface area contributed by atoms with Gasteiger partial charge in [-0.1, -0.05) is 0 Å². The molecule has 1 atom stereocenters. The maximum absolute atomic E-state index is 5.71. The fourth-order valence-electron chi connectivity index (χ4n) is 3.13. The van der Waals surface area contributed by atoms with Gasteiger partial charge in [-0.15, -0.1) is 0 Å². The second kappa shape index (κ2) is 7.19. The molecule has 3 heterocycles. The molecule has 3 aliphatic heterocycles. The zero-order valence-corrected chi connectivity index (χ0v) is 13.7. The third-order valence-corrected chi connectivity index (χ3v) is 4.96. The van der Waals surface area contributed by atoms with Gasteiger partial charge in [0.25, 0.3) is 0 Å².